The van der Waals surface area contributed by atoms with Crippen LogP contribution in [-0.2, 0) is 9.59 Å². The third kappa shape index (κ3) is 2.59. The van der Waals surface area contributed by atoms with Crippen LogP contribution < -0.4 is 9.64 Å². The number of hydrogen-bond donors (Lipinski definition) is 0. The van der Waals surface area contributed by atoms with Crippen molar-refractivity contribution in [2.45, 2.75) is 40.0 Å². The Balaban J connectivity index is 1.41. The number of imide groups is 1. The van der Waals surface area contributed by atoms with E-state index >= 15 is 0 Å². The monoisotopic (exact) mass is 401 g/mol. The molecule has 4 heteroatoms. The summed E-state index contributed by atoms with van der Waals surface area (Å²) < 4.78 is 6.16. The fourth-order valence-corrected chi connectivity index (χ4v) is 5.55. The minimum atomic E-state index is -0.598. The van der Waals surface area contributed by atoms with Crippen LogP contribution in [0.5, 0.6) is 11.5 Å². The van der Waals surface area contributed by atoms with Gasteiger partial charge in [-0.3, -0.25) is 9.59 Å². The average molecular weight is 402 g/mol. The number of fused-ring (bicyclic) bond motifs is 5. The van der Waals surface area contributed by atoms with Gasteiger partial charge in [0.2, 0.25) is 11.8 Å². The summed E-state index contributed by atoms with van der Waals surface area (Å²) in [6.45, 7) is 8.30. The first-order valence-corrected chi connectivity index (χ1v) is 10.8. The molecule has 1 aliphatic heterocycles. The largest absolute Gasteiger partial charge is 0.457 e. The Labute approximate surface area is 177 Å². The van der Waals surface area contributed by atoms with Gasteiger partial charge < -0.3 is 4.74 Å². The van der Waals surface area contributed by atoms with Gasteiger partial charge in [0.1, 0.15) is 11.5 Å². The van der Waals surface area contributed by atoms with Crippen LogP contribution in [0.15, 0.2) is 54.6 Å². The van der Waals surface area contributed by atoms with Gasteiger partial charge >= 0.3 is 0 Å². The lowest BCUT2D eigenvalue weighted by atomic mass is 9.71. The van der Waals surface area contributed by atoms with Crippen LogP contribution in [0.2, 0.25) is 0 Å². The molecule has 4 nitrogen and oxygen atoms in total. The second-order valence-corrected chi connectivity index (χ2v) is 9.42. The molecule has 2 bridgehead atoms. The molecule has 2 aliphatic carbocycles. The molecule has 154 valence electrons. The van der Waals surface area contributed by atoms with Crippen LogP contribution in [0.1, 0.15) is 44.2 Å². The van der Waals surface area contributed by atoms with E-state index in [9.17, 15) is 9.59 Å². The number of allylic oxidation sites excluding steroid dienone is 2. The maximum atomic E-state index is 13.3. The van der Waals surface area contributed by atoms with Crippen LogP contribution in [0.25, 0.3) is 0 Å². The summed E-state index contributed by atoms with van der Waals surface area (Å²) in [5.41, 5.74) is 2.32. The SMILES string of the molecule is Cc1ccc(C(C)C)c(Oc2ccc(N3C(=O)[C@H]4[C@@H]5C=C[C@H](C5)[C@]4(C)C3=O)cc2)c1. The topological polar surface area (TPSA) is 46.6 Å². The molecule has 2 aromatic carbocycles. The third-order valence-electron chi connectivity index (χ3n) is 7.23. The van der Waals surface area contributed by atoms with Gasteiger partial charge in [0.25, 0.3) is 0 Å². The second kappa shape index (κ2) is 6.56. The zero-order chi connectivity index (χ0) is 21.2. The van der Waals surface area contributed by atoms with E-state index < -0.39 is 5.41 Å². The summed E-state index contributed by atoms with van der Waals surface area (Å²) in [7, 11) is 0. The molecule has 1 heterocycles. The van der Waals surface area contributed by atoms with E-state index in [-0.39, 0.29) is 29.6 Å². The first-order chi connectivity index (χ1) is 14.3. The molecule has 2 aromatic rings. The molecule has 0 N–H and O–H groups in total. The lowest BCUT2D eigenvalue weighted by Crippen LogP contribution is -2.37. The number of ether oxygens (including phenoxy) is 1. The van der Waals surface area contributed by atoms with Crippen LogP contribution >= 0.6 is 0 Å². The molecular formula is C26H27NO3. The highest BCUT2D eigenvalue weighted by atomic mass is 16.5. The fourth-order valence-electron chi connectivity index (χ4n) is 5.55. The summed E-state index contributed by atoms with van der Waals surface area (Å²) in [6.07, 6.45) is 5.17. The Kier molecular flexibility index (Phi) is 4.18. The zero-order valence-corrected chi connectivity index (χ0v) is 17.9. The molecule has 5 rings (SSSR count). The molecule has 30 heavy (non-hydrogen) atoms. The molecule has 0 spiro atoms. The lowest BCUT2D eigenvalue weighted by molar-refractivity contribution is -0.127. The first-order valence-electron chi connectivity index (χ1n) is 10.8. The average Bonchev–Trinajstić information content (AvgIpc) is 3.34. The number of nitrogens with zero attached hydrogens (tertiary/aromatic N) is 1. The lowest BCUT2D eigenvalue weighted by Gasteiger charge is -2.28. The minimum Gasteiger partial charge on any atom is -0.457 e. The van der Waals surface area contributed by atoms with E-state index in [4.69, 9.17) is 4.74 Å². The smallest absolute Gasteiger partial charge is 0.241 e. The van der Waals surface area contributed by atoms with Crippen molar-refractivity contribution >= 4 is 17.5 Å². The Bertz CT molecular complexity index is 1070. The number of amides is 2. The van der Waals surface area contributed by atoms with Gasteiger partial charge in [-0.05, 0) is 79.5 Å². The van der Waals surface area contributed by atoms with Crippen molar-refractivity contribution in [3.8, 4) is 11.5 Å². The van der Waals surface area contributed by atoms with Crippen molar-refractivity contribution in [1.29, 1.82) is 0 Å². The highest BCUT2D eigenvalue weighted by Gasteiger charge is 2.67. The van der Waals surface area contributed by atoms with Gasteiger partial charge in [-0.25, -0.2) is 4.90 Å². The zero-order valence-electron chi connectivity index (χ0n) is 17.9. The van der Waals surface area contributed by atoms with Gasteiger partial charge in [-0.2, -0.15) is 0 Å². The maximum Gasteiger partial charge on any atom is 0.241 e. The van der Waals surface area contributed by atoms with Crippen molar-refractivity contribution in [1.82, 2.24) is 0 Å². The summed E-state index contributed by atoms with van der Waals surface area (Å²) in [5, 5.41) is 0. The predicted octanol–water partition coefficient (Wildman–Crippen LogP) is 5.61. The van der Waals surface area contributed by atoms with Crippen molar-refractivity contribution in [3.63, 3.8) is 0 Å². The highest BCUT2D eigenvalue weighted by Crippen LogP contribution is 2.60. The van der Waals surface area contributed by atoms with Gasteiger partial charge in [0.05, 0.1) is 17.0 Å². The van der Waals surface area contributed by atoms with E-state index in [0.29, 0.717) is 17.4 Å². The summed E-state index contributed by atoms with van der Waals surface area (Å²) >= 11 is 0. The highest BCUT2D eigenvalue weighted by molar-refractivity contribution is 6.24. The van der Waals surface area contributed by atoms with E-state index in [2.05, 4.69) is 38.1 Å². The van der Waals surface area contributed by atoms with Crippen molar-refractivity contribution in [2.24, 2.45) is 23.2 Å². The minimum absolute atomic E-state index is 0.0613. The molecule has 0 aromatic heterocycles. The molecular weight excluding hydrogens is 374 g/mol. The molecule has 2 fully saturated rings. The summed E-state index contributed by atoms with van der Waals surface area (Å²) in [5.74, 6) is 1.90. The molecule has 2 amide bonds. The standard InChI is InChI=1S/C26H27NO3/c1-15(2)21-12-5-16(3)13-22(21)30-20-10-8-19(9-11-20)27-24(28)23-17-6-7-18(14-17)26(23,4)25(27)29/h5-13,15,17-18,23H,14H2,1-4H3/t17-,18-,23-,26+/m1/s1. The number of benzene rings is 2. The molecule has 0 unspecified atom stereocenters. The maximum absolute atomic E-state index is 13.3. The molecule has 0 radical (unpaired) electrons. The first kappa shape index (κ1) is 19.1. The van der Waals surface area contributed by atoms with E-state index in [0.717, 1.165) is 23.3 Å². The summed E-state index contributed by atoms with van der Waals surface area (Å²) in [4.78, 5) is 27.8. The van der Waals surface area contributed by atoms with Gasteiger partial charge in [0, 0.05) is 0 Å². The van der Waals surface area contributed by atoms with E-state index in [1.807, 2.05) is 44.2 Å². The van der Waals surface area contributed by atoms with Gasteiger partial charge in [0.15, 0.2) is 0 Å². The van der Waals surface area contributed by atoms with E-state index in [1.165, 1.54) is 4.90 Å². The molecule has 3 aliphatic rings. The normalized spacial score (nSPS) is 29.2. The predicted molar refractivity (Wildman–Crippen MR) is 117 cm³/mol. The molecule has 1 saturated heterocycles. The number of anilines is 1. The second-order valence-electron chi connectivity index (χ2n) is 9.42. The number of carbonyl (C=O) groups is 2. The van der Waals surface area contributed by atoms with Crippen LogP contribution in [0, 0.1) is 30.1 Å². The van der Waals surface area contributed by atoms with Crippen LogP contribution in [0.4, 0.5) is 5.69 Å². The van der Waals surface area contributed by atoms with Gasteiger partial charge in [-0.1, -0.05) is 38.1 Å². The third-order valence-corrected chi connectivity index (χ3v) is 7.23. The Morgan fingerprint density at radius 3 is 2.47 bits per heavy atom. The van der Waals surface area contributed by atoms with Gasteiger partial charge in [-0.15, -0.1) is 0 Å². The number of hydrogen-bond acceptors (Lipinski definition) is 3. The van der Waals surface area contributed by atoms with Crippen LogP contribution in [-0.4, -0.2) is 11.8 Å². The Morgan fingerprint density at radius 2 is 1.80 bits per heavy atom. The van der Waals surface area contributed by atoms with Crippen LogP contribution in [0.3, 0.4) is 0 Å². The molecule has 4 atom stereocenters. The number of aryl methyl sites for hydroxylation is 1. The summed E-state index contributed by atoms with van der Waals surface area (Å²) in [6, 6.07) is 13.5. The fraction of sp³-hybridized carbons (Fsp3) is 0.385. The van der Waals surface area contributed by atoms with Crippen molar-refractivity contribution in [2.75, 3.05) is 4.90 Å². The van der Waals surface area contributed by atoms with Crippen molar-refractivity contribution in [3.05, 3.63) is 65.7 Å². The number of carbonyl (C=O) groups excluding carboxylic acids is 2. The Morgan fingerprint density at radius 1 is 1.07 bits per heavy atom. The van der Waals surface area contributed by atoms with Crippen molar-refractivity contribution < 1.29 is 14.3 Å². The molecule has 1 saturated carbocycles. The number of rotatable bonds is 4. The van der Waals surface area contributed by atoms with E-state index in [1.54, 1.807) is 0 Å². The quantitative estimate of drug-likeness (QED) is 0.494. The Hall–Kier alpha value is -2.88.